The summed E-state index contributed by atoms with van der Waals surface area (Å²) < 4.78 is 0. The van der Waals surface area contributed by atoms with E-state index in [1.807, 2.05) is 19.1 Å². The van der Waals surface area contributed by atoms with Crippen LogP contribution in [0.1, 0.15) is 25.5 Å². The van der Waals surface area contributed by atoms with Crippen LogP contribution in [-0.4, -0.2) is 34.6 Å². The first-order valence-corrected chi connectivity index (χ1v) is 5.64. The van der Waals surface area contributed by atoms with Crippen molar-refractivity contribution in [1.82, 2.24) is 15.6 Å². The number of pyridine rings is 1. The van der Waals surface area contributed by atoms with Gasteiger partial charge in [0.15, 0.2) is 0 Å². The predicted octanol–water partition coefficient (Wildman–Crippen LogP) is 0.321. The maximum Gasteiger partial charge on any atom is 0.327 e. The first kappa shape index (κ1) is 14.1. The van der Waals surface area contributed by atoms with Crippen LogP contribution in [0.3, 0.4) is 0 Å². The zero-order chi connectivity index (χ0) is 13.5. The maximum absolute atomic E-state index is 10.9. The summed E-state index contributed by atoms with van der Waals surface area (Å²) in [5.74, 6) is -1.42. The molecule has 0 saturated carbocycles. The third-order valence-corrected chi connectivity index (χ3v) is 2.49. The number of aliphatic carboxylic acids is 1. The summed E-state index contributed by atoms with van der Waals surface area (Å²) in [6.45, 7) is 3.36. The second-order valence-corrected chi connectivity index (χ2v) is 4.01. The minimum atomic E-state index is -1.06. The number of hydrogen-bond acceptors (Lipinski definition) is 4. The molecule has 0 spiro atoms. The van der Waals surface area contributed by atoms with Crippen molar-refractivity contribution < 1.29 is 14.7 Å². The zero-order valence-corrected chi connectivity index (χ0v) is 10.4. The second-order valence-electron chi connectivity index (χ2n) is 4.01. The van der Waals surface area contributed by atoms with E-state index in [0.717, 1.165) is 5.56 Å². The van der Waals surface area contributed by atoms with Crippen molar-refractivity contribution in [3.63, 3.8) is 0 Å². The molecule has 3 N–H and O–H groups in total. The number of amides is 1. The zero-order valence-electron chi connectivity index (χ0n) is 10.4. The third kappa shape index (κ3) is 4.50. The van der Waals surface area contributed by atoms with E-state index in [4.69, 9.17) is 5.11 Å². The number of nitrogens with one attached hydrogen (secondary N) is 2. The van der Waals surface area contributed by atoms with E-state index in [1.165, 1.54) is 6.92 Å². The van der Waals surface area contributed by atoms with Gasteiger partial charge >= 0.3 is 5.97 Å². The maximum atomic E-state index is 10.9. The lowest BCUT2D eigenvalue weighted by molar-refractivity contribution is -0.141. The van der Waals surface area contributed by atoms with Gasteiger partial charge in [0.05, 0.1) is 0 Å². The molecule has 0 fully saturated rings. The smallest absolute Gasteiger partial charge is 0.327 e. The van der Waals surface area contributed by atoms with Crippen LogP contribution in [0.5, 0.6) is 0 Å². The summed E-state index contributed by atoms with van der Waals surface area (Å²) in [5, 5.41) is 14.4. The largest absolute Gasteiger partial charge is 0.480 e. The molecule has 1 aromatic rings. The number of carboxylic acid groups (broad SMARTS) is 1. The molecule has 0 radical (unpaired) electrons. The summed E-state index contributed by atoms with van der Waals surface area (Å²) in [5.41, 5.74) is 0.962. The Balaban J connectivity index is 2.52. The Morgan fingerprint density at radius 3 is 2.72 bits per heavy atom. The normalized spacial score (nSPS) is 13.7. The quantitative estimate of drug-likeness (QED) is 0.677. The molecule has 18 heavy (non-hydrogen) atoms. The van der Waals surface area contributed by atoms with E-state index in [1.54, 1.807) is 12.4 Å². The van der Waals surface area contributed by atoms with Gasteiger partial charge in [-0.05, 0) is 18.6 Å². The molecular formula is C12H17N3O3. The van der Waals surface area contributed by atoms with Crippen LogP contribution in [-0.2, 0) is 9.59 Å². The molecule has 0 saturated heterocycles. The lowest BCUT2D eigenvalue weighted by Gasteiger charge is -2.18. The molecule has 6 heteroatoms. The van der Waals surface area contributed by atoms with Crippen LogP contribution in [0.2, 0.25) is 0 Å². The van der Waals surface area contributed by atoms with E-state index < -0.39 is 12.0 Å². The molecule has 0 aliphatic rings. The van der Waals surface area contributed by atoms with Gasteiger partial charge in [0.2, 0.25) is 5.91 Å². The van der Waals surface area contributed by atoms with E-state index in [-0.39, 0.29) is 18.5 Å². The molecular weight excluding hydrogens is 234 g/mol. The van der Waals surface area contributed by atoms with Crippen molar-refractivity contribution in [2.24, 2.45) is 0 Å². The molecule has 1 aromatic heterocycles. The van der Waals surface area contributed by atoms with Gasteiger partial charge in [-0.2, -0.15) is 0 Å². The number of rotatable bonds is 6. The molecule has 0 bridgehead atoms. The van der Waals surface area contributed by atoms with Crippen LogP contribution in [0.4, 0.5) is 0 Å². The van der Waals surface area contributed by atoms with Gasteiger partial charge in [-0.25, -0.2) is 4.79 Å². The first-order valence-electron chi connectivity index (χ1n) is 5.64. The monoisotopic (exact) mass is 251 g/mol. The van der Waals surface area contributed by atoms with Crippen LogP contribution >= 0.6 is 0 Å². The number of nitrogens with zero attached hydrogens (tertiary/aromatic N) is 1. The van der Waals surface area contributed by atoms with Gasteiger partial charge < -0.3 is 15.7 Å². The Labute approximate surface area is 105 Å². The minimum Gasteiger partial charge on any atom is -0.480 e. The van der Waals surface area contributed by atoms with Gasteiger partial charge in [0, 0.05) is 31.9 Å². The van der Waals surface area contributed by atoms with Crippen LogP contribution < -0.4 is 10.6 Å². The van der Waals surface area contributed by atoms with Gasteiger partial charge in [-0.3, -0.25) is 9.78 Å². The molecule has 2 atom stereocenters. The van der Waals surface area contributed by atoms with Crippen molar-refractivity contribution in [3.05, 3.63) is 30.1 Å². The predicted molar refractivity (Wildman–Crippen MR) is 65.9 cm³/mol. The van der Waals surface area contributed by atoms with Crippen molar-refractivity contribution in [3.8, 4) is 0 Å². The second kappa shape index (κ2) is 6.70. The Kier molecular flexibility index (Phi) is 5.26. The Hall–Kier alpha value is -1.95. The number of aromatic nitrogens is 1. The van der Waals surface area contributed by atoms with Crippen LogP contribution in [0.25, 0.3) is 0 Å². The highest BCUT2D eigenvalue weighted by Crippen LogP contribution is 2.09. The average Bonchev–Trinajstić information content (AvgIpc) is 2.34. The molecule has 6 nitrogen and oxygen atoms in total. The molecule has 1 amide bonds. The van der Waals surface area contributed by atoms with E-state index in [2.05, 4.69) is 15.6 Å². The number of hydrogen-bond donors (Lipinski definition) is 3. The van der Waals surface area contributed by atoms with Gasteiger partial charge in [0.25, 0.3) is 0 Å². The third-order valence-electron chi connectivity index (χ3n) is 2.49. The first-order chi connectivity index (χ1) is 8.50. The summed E-state index contributed by atoms with van der Waals surface area (Å²) in [4.78, 5) is 25.8. The van der Waals surface area contributed by atoms with Crippen LogP contribution in [0, 0.1) is 0 Å². The molecule has 0 aliphatic carbocycles. The van der Waals surface area contributed by atoms with E-state index >= 15 is 0 Å². The molecule has 1 rings (SSSR count). The molecule has 0 aliphatic heterocycles. The van der Waals surface area contributed by atoms with E-state index in [9.17, 15) is 9.59 Å². The van der Waals surface area contributed by atoms with E-state index in [0.29, 0.717) is 0 Å². The summed E-state index contributed by atoms with van der Waals surface area (Å²) in [6.07, 6.45) is 3.39. The molecule has 2 unspecified atom stereocenters. The number of carbonyl (C=O) groups is 2. The summed E-state index contributed by atoms with van der Waals surface area (Å²) in [7, 11) is 0. The fourth-order valence-corrected chi connectivity index (χ4v) is 1.49. The highest BCUT2D eigenvalue weighted by Gasteiger charge is 2.19. The Bertz CT molecular complexity index is 408. The minimum absolute atomic E-state index is 0.0330. The Morgan fingerprint density at radius 1 is 1.50 bits per heavy atom. The van der Waals surface area contributed by atoms with Gasteiger partial charge in [0.1, 0.15) is 6.04 Å². The topological polar surface area (TPSA) is 91.3 Å². The SMILES string of the molecule is CC(=O)NC(CNC(C)c1cccnc1)C(=O)O. The Morgan fingerprint density at radius 2 is 2.22 bits per heavy atom. The molecule has 98 valence electrons. The van der Waals surface area contributed by atoms with Gasteiger partial charge in [-0.15, -0.1) is 0 Å². The lowest BCUT2D eigenvalue weighted by Crippen LogP contribution is -2.46. The van der Waals surface area contributed by atoms with Crippen molar-refractivity contribution >= 4 is 11.9 Å². The average molecular weight is 251 g/mol. The van der Waals surface area contributed by atoms with Crippen molar-refractivity contribution in [1.29, 1.82) is 0 Å². The van der Waals surface area contributed by atoms with Crippen LogP contribution in [0.15, 0.2) is 24.5 Å². The lowest BCUT2D eigenvalue weighted by atomic mass is 10.1. The molecule has 1 heterocycles. The standard InChI is InChI=1S/C12H17N3O3/c1-8(10-4-3-5-13-6-10)14-7-11(12(17)18)15-9(2)16/h3-6,8,11,14H,7H2,1-2H3,(H,15,16)(H,17,18). The van der Waals surface area contributed by atoms with Crippen molar-refractivity contribution in [2.75, 3.05) is 6.54 Å². The highest BCUT2D eigenvalue weighted by molar-refractivity contribution is 5.82. The highest BCUT2D eigenvalue weighted by atomic mass is 16.4. The number of carboxylic acids is 1. The fourth-order valence-electron chi connectivity index (χ4n) is 1.49. The molecule has 0 aromatic carbocycles. The number of carbonyl (C=O) groups excluding carboxylic acids is 1. The van der Waals surface area contributed by atoms with Crippen molar-refractivity contribution in [2.45, 2.75) is 25.9 Å². The van der Waals surface area contributed by atoms with Gasteiger partial charge in [-0.1, -0.05) is 6.07 Å². The summed E-state index contributed by atoms with van der Waals surface area (Å²) in [6, 6.07) is 2.76. The fraction of sp³-hybridized carbons (Fsp3) is 0.417. The summed E-state index contributed by atoms with van der Waals surface area (Å²) >= 11 is 0.